The number of carbonyl (C=O) groups is 1. The molecule has 2 aromatic rings. The SMILES string of the molecule is Cc1ccc(NC(=O)C2COc3ccccc3O2)c(Cl)c1. The Bertz CT molecular complexity index is 687. The van der Waals surface area contributed by atoms with Gasteiger partial charge in [0.15, 0.2) is 11.5 Å². The molecule has 0 fully saturated rings. The largest absolute Gasteiger partial charge is 0.485 e. The summed E-state index contributed by atoms with van der Waals surface area (Å²) in [4.78, 5) is 12.2. The van der Waals surface area contributed by atoms with Crippen LogP contribution in [0.5, 0.6) is 11.5 Å². The number of rotatable bonds is 2. The molecule has 4 nitrogen and oxygen atoms in total. The molecule has 1 atom stereocenters. The fourth-order valence-corrected chi connectivity index (χ4v) is 2.37. The first-order valence-electron chi connectivity index (χ1n) is 6.59. The molecule has 0 aromatic heterocycles. The minimum absolute atomic E-state index is 0.173. The van der Waals surface area contributed by atoms with Crippen LogP contribution < -0.4 is 14.8 Å². The number of halogens is 1. The lowest BCUT2D eigenvalue weighted by molar-refractivity contribution is -0.125. The maximum absolute atomic E-state index is 12.2. The van der Waals surface area contributed by atoms with Crippen LogP contribution in [0.25, 0.3) is 0 Å². The molecule has 3 rings (SSSR count). The molecule has 0 saturated heterocycles. The van der Waals surface area contributed by atoms with E-state index >= 15 is 0 Å². The average Bonchev–Trinajstić information content (AvgIpc) is 2.49. The fraction of sp³-hybridized carbons (Fsp3) is 0.188. The van der Waals surface area contributed by atoms with E-state index in [1.54, 1.807) is 24.3 Å². The van der Waals surface area contributed by atoms with E-state index in [0.717, 1.165) is 5.56 Å². The lowest BCUT2D eigenvalue weighted by Gasteiger charge is -2.25. The Morgan fingerprint density at radius 1 is 1.24 bits per heavy atom. The van der Waals surface area contributed by atoms with Crippen molar-refractivity contribution < 1.29 is 14.3 Å². The molecular formula is C16H14ClNO3. The van der Waals surface area contributed by atoms with Crippen LogP contribution >= 0.6 is 11.6 Å². The number of nitrogens with one attached hydrogen (secondary N) is 1. The van der Waals surface area contributed by atoms with Gasteiger partial charge < -0.3 is 14.8 Å². The molecule has 1 amide bonds. The number of amides is 1. The molecule has 1 heterocycles. The molecule has 108 valence electrons. The van der Waals surface area contributed by atoms with Crippen molar-refractivity contribution in [3.63, 3.8) is 0 Å². The number of fused-ring (bicyclic) bond motifs is 1. The van der Waals surface area contributed by atoms with E-state index in [9.17, 15) is 4.79 Å². The zero-order chi connectivity index (χ0) is 14.8. The highest BCUT2D eigenvalue weighted by Gasteiger charge is 2.27. The van der Waals surface area contributed by atoms with Crippen LogP contribution in [0.4, 0.5) is 5.69 Å². The normalized spacial score (nSPS) is 16.4. The first-order valence-corrected chi connectivity index (χ1v) is 6.97. The van der Waals surface area contributed by atoms with E-state index in [-0.39, 0.29) is 12.5 Å². The van der Waals surface area contributed by atoms with Crippen LogP contribution in [0.2, 0.25) is 5.02 Å². The number of aryl methyl sites for hydroxylation is 1. The minimum atomic E-state index is -0.697. The molecule has 0 radical (unpaired) electrons. The van der Waals surface area contributed by atoms with E-state index in [0.29, 0.717) is 22.2 Å². The Hall–Kier alpha value is -2.20. The number of hydrogen-bond donors (Lipinski definition) is 1. The molecule has 0 saturated carbocycles. The van der Waals surface area contributed by atoms with Crippen molar-refractivity contribution in [2.24, 2.45) is 0 Å². The van der Waals surface area contributed by atoms with Crippen LogP contribution in [-0.2, 0) is 4.79 Å². The molecule has 2 aromatic carbocycles. The van der Waals surface area contributed by atoms with Gasteiger partial charge in [-0.2, -0.15) is 0 Å². The Labute approximate surface area is 127 Å². The van der Waals surface area contributed by atoms with Gasteiger partial charge in [-0.3, -0.25) is 4.79 Å². The summed E-state index contributed by atoms with van der Waals surface area (Å²) in [5, 5.41) is 3.26. The Balaban J connectivity index is 1.72. The molecule has 5 heteroatoms. The lowest BCUT2D eigenvalue weighted by Crippen LogP contribution is -2.40. The van der Waals surface area contributed by atoms with Gasteiger partial charge in [0.2, 0.25) is 6.10 Å². The van der Waals surface area contributed by atoms with Crippen molar-refractivity contribution in [3.8, 4) is 11.5 Å². The van der Waals surface area contributed by atoms with Gasteiger partial charge in [0.05, 0.1) is 10.7 Å². The number of anilines is 1. The summed E-state index contributed by atoms with van der Waals surface area (Å²) >= 11 is 6.11. The number of hydrogen-bond acceptors (Lipinski definition) is 3. The van der Waals surface area contributed by atoms with E-state index in [2.05, 4.69) is 5.32 Å². The van der Waals surface area contributed by atoms with Crippen LogP contribution in [0.15, 0.2) is 42.5 Å². The van der Waals surface area contributed by atoms with Crippen molar-refractivity contribution in [1.82, 2.24) is 0 Å². The van der Waals surface area contributed by atoms with Gasteiger partial charge in [0.1, 0.15) is 6.61 Å². The monoisotopic (exact) mass is 303 g/mol. The zero-order valence-corrected chi connectivity index (χ0v) is 12.2. The number of benzene rings is 2. The average molecular weight is 304 g/mol. The van der Waals surface area contributed by atoms with Crippen molar-refractivity contribution in [2.45, 2.75) is 13.0 Å². The van der Waals surface area contributed by atoms with Crippen molar-refractivity contribution in [2.75, 3.05) is 11.9 Å². The van der Waals surface area contributed by atoms with E-state index < -0.39 is 6.10 Å². The predicted molar refractivity (Wildman–Crippen MR) is 81.2 cm³/mol. The lowest BCUT2D eigenvalue weighted by atomic mass is 10.2. The molecule has 1 N–H and O–H groups in total. The molecule has 21 heavy (non-hydrogen) atoms. The van der Waals surface area contributed by atoms with Crippen molar-refractivity contribution >= 4 is 23.2 Å². The van der Waals surface area contributed by atoms with E-state index in [1.807, 2.05) is 25.1 Å². The van der Waals surface area contributed by atoms with Gasteiger partial charge in [-0.05, 0) is 36.8 Å². The zero-order valence-electron chi connectivity index (χ0n) is 11.4. The summed E-state index contributed by atoms with van der Waals surface area (Å²) < 4.78 is 11.2. The maximum atomic E-state index is 12.2. The summed E-state index contributed by atoms with van der Waals surface area (Å²) in [6, 6.07) is 12.7. The molecule has 1 aliphatic heterocycles. The third-order valence-corrected chi connectivity index (χ3v) is 3.50. The smallest absolute Gasteiger partial charge is 0.269 e. The molecule has 1 unspecified atom stereocenters. The van der Waals surface area contributed by atoms with E-state index in [4.69, 9.17) is 21.1 Å². The van der Waals surface area contributed by atoms with Crippen LogP contribution in [0.3, 0.4) is 0 Å². The van der Waals surface area contributed by atoms with Gasteiger partial charge in [-0.1, -0.05) is 29.8 Å². The summed E-state index contributed by atoms with van der Waals surface area (Å²) in [6.45, 7) is 2.11. The Kier molecular flexibility index (Phi) is 3.71. The van der Waals surface area contributed by atoms with Gasteiger partial charge in [0.25, 0.3) is 5.91 Å². The van der Waals surface area contributed by atoms with Gasteiger partial charge in [0, 0.05) is 0 Å². The third kappa shape index (κ3) is 2.95. The molecule has 0 aliphatic carbocycles. The summed E-state index contributed by atoms with van der Waals surface area (Å²) in [7, 11) is 0. The topological polar surface area (TPSA) is 47.6 Å². The van der Waals surface area contributed by atoms with Crippen LogP contribution in [0.1, 0.15) is 5.56 Å². The summed E-state index contributed by atoms with van der Waals surface area (Å²) in [6.07, 6.45) is -0.697. The number of para-hydroxylation sites is 2. The predicted octanol–water partition coefficient (Wildman–Crippen LogP) is 3.43. The van der Waals surface area contributed by atoms with Gasteiger partial charge >= 0.3 is 0 Å². The van der Waals surface area contributed by atoms with Crippen molar-refractivity contribution in [1.29, 1.82) is 0 Å². The molecular weight excluding hydrogens is 290 g/mol. The first kappa shape index (κ1) is 13.8. The van der Waals surface area contributed by atoms with Crippen LogP contribution in [0, 0.1) is 6.92 Å². The number of ether oxygens (including phenoxy) is 2. The van der Waals surface area contributed by atoms with E-state index in [1.165, 1.54) is 0 Å². The quantitative estimate of drug-likeness (QED) is 0.924. The summed E-state index contributed by atoms with van der Waals surface area (Å²) in [5.74, 6) is 0.934. The molecule has 0 spiro atoms. The highest BCUT2D eigenvalue weighted by atomic mass is 35.5. The number of carbonyl (C=O) groups excluding carboxylic acids is 1. The fourth-order valence-electron chi connectivity index (χ4n) is 2.08. The van der Waals surface area contributed by atoms with Gasteiger partial charge in [-0.25, -0.2) is 0 Å². The first-order chi connectivity index (χ1) is 10.1. The molecule has 0 bridgehead atoms. The highest BCUT2D eigenvalue weighted by molar-refractivity contribution is 6.33. The summed E-state index contributed by atoms with van der Waals surface area (Å²) in [5.41, 5.74) is 1.60. The highest BCUT2D eigenvalue weighted by Crippen LogP contribution is 2.31. The minimum Gasteiger partial charge on any atom is -0.485 e. The third-order valence-electron chi connectivity index (χ3n) is 3.18. The Morgan fingerprint density at radius 2 is 2.00 bits per heavy atom. The second-order valence-electron chi connectivity index (χ2n) is 4.84. The van der Waals surface area contributed by atoms with Gasteiger partial charge in [-0.15, -0.1) is 0 Å². The Morgan fingerprint density at radius 3 is 2.76 bits per heavy atom. The second kappa shape index (κ2) is 5.66. The van der Waals surface area contributed by atoms with Crippen molar-refractivity contribution in [3.05, 3.63) is 53.1 Å². The maximum Gasteiger partial charge on any atom is 0.269 e. The second-order valence-corrected chi connectivity index (χ2v) is 5.24. The van der Waals surface area contributed by atoms with Crippen LogP contribution in [-0.4, -0.2) is 18.6 Å². The molecule has 1 aliphatic rings. The standard InChI is InChI=1S/C16H14ClNO3/c1-10-6-7-12(11(17)8-10)18-16(19)15-9-20-13-4-2-3-5-14(13)21-15/h2-8,15H,9H2,1H3,(H,18,19).